The summed E-state index contributed by atoms with van der Waals surface area (Å²) in [6, 6.07) is 17.8. The van der Waals surface area contributed by atoms with Crippen LogP contribution in [0.5, 0.6) is 5.75 Å². The van der Waals surface area contributed by atoms with E-state index in [0.29, 0.717) is 19.6 Å². The van der Waals surface area contributed by atoms with E-state index in [0.717, 1.165) is 16.9 Å². The van der Waals surface area contributed by atoms with Gasteiger partial charge in [0.1, 0.15) is 5.75 Å². The molecule has 0 aromatic heterocycles. The lowest BCUT2D eigenvalue weighted by atomic mass is 9.78. The van der Waals surface area contributed by atoms with Crippen molar-refractivity contribution in [3.8, 4) is 5.75 Å². The first-order valence-electron chi connectivity index (χ1n) is 8.15. The van der Waals surface area contributed by atoms with Gasteiger partial charge in [-0.25, -0.2) is 0 Å². The molecule has 0 amide bonds. The van der Waals surface area contributed by atoms with Crippen LogP contribution in [0, 0.1) is 0 Å². The molecule has 24 heavy (non-hydrogen) atoms. The summed E-state index contributed by atoms with van der Waals surface area (Å²) in [6.45, 7) is 6.83. The summed E-state index contributed by atoms with van der Waals surface area (Å²) < 4.78 is 10.8. The minimum atomic E-state index is -0.557. The average molecular weight is 326 g/mol. The van der Waals surface area contributed by atoms with E-state index in [1.165, 1.54) is 0 Å². The maximum absolute atomic E-state index is 10.4. The summed E-state index contributed by atoms with van der Waals surface area (Å²) in [5, 5.41) is 10.4. The molecule has 1 N–H and O–H groups in total. The molecule has 0 aliphatic rings. The van der Waals surface area contributed by atoms with Crippen LogP contribution in [-0.2, 0) is 16.8 Å². The number of allylic oxidation sites excluding steroid dienone is 1. The Hall–Kier alpha value is -2.10. The molecular formula is C21H26O3. The summed E-state index contributed by atoms with van der Waals surface area (Å²) in [7, 11) is 1.65. The van der Waals surface area contributed by atoms with E-state index in [4.69, 9.17) is 9.47 Å². The molecule has 0 fully saturated rings. The molecule has 0 aliphatic carbocycles. The number of hydrogen-bond acceptors (Lipinski definition) is 3. The highest BCUT2D eigenvalue weighted by Gasteiger charge is 2.26. The van der Waals surface area contributed by atoms with E-state index in [-0.39, 0.29) is 5.41 Å². The van der Waals surface area contributed by atoms with E-state index in [9.17, 15) is 5.11 Å². The number of hydrogen-bond donors (Lipinski definition) is 1. The van der Waals surface area contributed by atoms with Crippen LogP contribution in [0.1, 0.15) is 24.5 Å². The maximum Gasteiger partial charge on any atom is 0.118 e. The lowest BCUT2D eigenvalue weighted by Gasteiger charge is -2.29. The smallest absolute Gasteiger partial charge is 0.118 e. The van der Waals surface area contributed by atoms with Gasteiger partial charge in [-0.2, -0.15) is 0 Å². The van der Waals surface area contributed by atoms with E-state index in [1.54, 1.807) is 7.11 Å². The topological polar surface area (TPSA) is 38.7 Å². The molecule has 3 nitrogen and oxygen atoms in total. The molecule has 0 unspecified atom stereocenters. The monoisotopic (exact) mass is 326 g/mol. The molecular weight excluding hydrogens is 300 g/mol. The van der Waals surface area contributed by atoms with Gasteiger partial charge in [-0.15, -0.1) is 6.58 Å². The highest BCUT2D eigenvalue weighted by atomic mass is 16.5. The predicted octanol–water partition coefficient (Wildman–Crippen LogP) is 4.11. The van der Waals surface area contributed by atoms with E-state index in [1.807, 2.05) is 60.7 Å². The zero-order chi connectivity index (χ0) is 17.4. The molecule has 128 valence electrons. The van der Waals surface area contributed by atoms with Crippen molar-refractivity contribution in [2.45, 2.75) is 31.5 Å². The largest absolute Gasteiger partial charge is 0.497 e. The standard InChI is InChI=1S/C21H26O3/c1-4-21(2,18-10-12-20(23-3)13-11-18)14-19(22)16-24-15-17-8-6-5-7-9-17/h4-13,19,22H,1,14-16H2,2-3H3/t19-,21+/m1/s1. The summed E-state index contributed by atoms with van der Waals surface area (Å²) in [6.07, 6.45) is 1.88. The predicted molar refractivity (Wildman–Crippen MR) is 97.3 cm³/mol. The molecule has 3 heteroatoms. The van der Waals surface area contributed by atoms with Gasteiger partial charge in [0, 0.05) is 5.41 Å². The Morgan fingerprint density at radius 3 is 2.38 bits per heavy atom. The highest BCUT2D eigenvalue weighted by molar-refractivity contribution is 5.34. The first-order chi connectivity index (χ1) is 11.6. The zero-order valence-electron chi connectivity index (χ0n) is 14.4. The van der Waals surface area contributed by atoms with Gasteiger partial charge in [-0.1, -0.05) is 55.5 Å². The molecule has 0 saturated carbocycles. The fourth-order valence-corrected chi connectivity index (χ4v) is 2.73. The van der Waals surface area contributed by atoms with Gasteiger partial charge in [-0.05, 0) is 29.7 Å². The lowest BCUT2D eigenvalue weighted by molar-refractivity contribution is 0.0175. The Bertz CT molecular complexity index is 621. The van der Waals surface area contributed by atoms with Crippen LogP contribution in [-0.4, -0.2) is 24.9 Å². The highest BCUT2D eigenvalue weighted by Crippen LogP contribution is 2.31. The van der Waals surface area contributed by atoms with Crippen molar-refractivity contribution in [3.05, 3.63) is 78.4 Å². The van der Waals surface area contributed by atoms with Crippen LogP contribution in [0.3, 0.4) is 0 Å². The van der Waals surface area contributed by atoms with Gasteiger partial charge in [0.05, 0.1) is 26.4 Å². The van der Waals surface area contributed by atoms with Crippen molar-refractivity contribution in [1.29, 1.82) is 0 Å². The molecule has 0 saturated heterocycles. The second-order valence-corrected chi connectivity index (χ2v) is 6.21. The van der Waals surface area contributed by atoms with Crippen molar-refractivity contribution in [2.75, 3.05) is 13.7 Å². The van der Waals surface area contributed by atoms with Crippen LogP contribution < -0.4 is 4.74 Å². The Kier molecular flexibility index (Phi) is 6.59. The zero-order valence-corrected chi connectivity index (χ0v) is 14.4. The summed E-state index contributed by atoms with van der Waals surface area (Å²) in [5.41, 5.74) is 1.88. The first kappa shape index (κ1) is 18.2. The SMILES string of the molecule is C=C[C@@](C)(C[C@@H](O)COCc1ccccc1)c1ccc(OC)cc1. The molecule has 0 radical (unpaired) electrons. The summed E-state index contributed by atoms with van der Waals surface area (Å²) in [4.78, 5) is 0. The fraction of sp³-hybridized carbons (Fsp3) is 0.333. The second kappa shape index (κ2) is 8.67. The van der Waals surface area contributed by atoms with Crippen molar-refractivity contribution >= 4 is 0 Å². The van der Waals surface area contributed by atoms with Crippen LogP contribution in [0.4, 0.5) is 0 Å². The average Bonchev–Trinajstić information content (AvgIpc) is 2.62. The Labute approximate surface area is 144 Å². The van der Waals surface area contributed by atoms with E-state index >= 15 is 0 Å². The minimum Gasteiger partial charge on any atom is -0.497 e. The molecule has 2 rings (SSSR count). The number of rotatable bonds is 9. The fourth-order valence-electron chi connectivity index (χ4n) is 2.73. The van der Waals surface area contributed by atoms with Crippen LogP contribution >= 0.6 is 0 Å². The Balaban J connectivity index is 1.91. The normalized spacial score (nSPS) is 14.6. The molecule has 2 aromatic rings. The number of aliphatic hydroxyl groups is 1. The van der Waals surface area contributed by atoms with E-state index in [2.05, 4.69) is 13.5 Å². The van der Waals surface area contributed by atoms with Crippen LogP contribution in [0.15, 0.2) is 67.3 Å². The van der Waals surface area contributed by atoms with Crippen LogP contribution in [0.25, 0.3) is 0 Å². The number of methoxy groups -OCH3 is 1. The van der Waals surface area contributed by atoms with E-state index < -0.39 is 6.10 Å². The van der Waals surface area contributed by atoms with Gasteiger partial charge < -0.3 is 14.6 Å². The molecule has 2 aromatic carbocycles. The van der Waals surface area contributed by atoms with Gasteiger partial charge in [0.15, 0.2) is 0 Å². The van der Waals surface area contributed by atoms with Crippen molar-refractivity contribution < 1.29 is 14.6 Å². The van der Waals surface area contributed by atoms with Crippen molar-refractivity contribution in [3.63, 3.8) is 0 Å². The van der Waals surface area contributed by atoms with Crippen molar-refractivity contribution in [1.82, 2.24) is 0 Å². The van der Waals surface area contributed by atoms with Crippen molar-refractivity contribution in [2.24, 2.45) is 0 Å². The van der Waals surface area contributed by atoms with Gasteiger partial charge in [0.2, 0.25) is 0 Å². The summed E-state index contributed by atoms with van der Waals surface area (Å²) >= 11 is 0. The van der Waals surface area contributed by atoms with Gasteiger partial charge in [0.25, 0.3) is 0 Å². The number of benzene rings is 2. The third-order valence-electron chi connectivity index (χ3n) is 4.28. The van der Waals surface area contributed by atoms with Crippen LogP contribution in [0.2, 0.25) is 0 Å². The molecule has 0 aliphatic heterocycles. The first-order valence-corrected chi connectivity index (χ1v) is 8.15. The quantitative estimate of drug-likeness (QED) is 0.705. The lowest BCUT2D eigenvalue weighted by Crippen LogP contribution is -2.28. The van der Waals surface area contributed by atoms with Gasteiger partial charge >= 0.3 is 0 Å². The second-order valence-electron chi connectivity index (χ2n) is 6.21. The van der Waals surface area contributed by atoms with Gasteiger partial charge in [-0.3, -0.25) is 0 Å². The molecule has 0 bridgehead atoms. The number of aliphatic hydroxyl groups excluding tert-OH is 1. The minimum absolute atomic E-state index is 0.300. The Morgan fingerprint density at radius 2 is 1.79 bits per heavy atom. The third kappa shape index (κ3) is 4.95. The molecule has 0 spiro atoms. The molecule has 0 heterocycles. The number of ether oxygens (including phenoxy) is 2. The maximum atomic E-state index is 10.4. The summed E-state index contributed by atoms with van der Waals surface area (Å²) in [5.74, 6) is 0.817. The molecule has 2 atom stereocenters. The Morgan fingerprint density at radius 1 is 1.12 bits per heavy atom. The third-order valence-corrected chi connectivity index (χ3v) is 4.28.